The Hall–Kier alpha value is -1.10. The number of halogens is 1. The molecule has 0 radical (unpaired) electrons. The van der Waals surface area contributed by atoms with E-state index in [4.69, 9.17) is 16.3 Å². The van der Waals surface area contributed by atoms with Gasteiger partial charge in [0.25, 0.3) is 0 Å². The highest BCUT2D eigenvalue weighted by molar-refractivity contribution is 6.30. The Morgan fingerprint density at radius 2 is 2.00 bits per heavy atom. The zero-order valence-corrected chi connectivity index (χ0v) is 13.1. The van der Waals surface area contributed by atoms with Gasteiger partial charge in [-0.1, -0.05) is 23.7 Å². The Balaban J connectivity index is 1.83. The van der Waals surface area contributed by atoms with Gasteiger partial charge in [0.1, 0.15) is 0 Å². The summed E-state index contributed by atoms with van der Waals surface area (Å²) < 4.78 is 4.96. The van der Waals surface area contributed by atoms with E-state index < -0.39 is 6.10 Å². The third-order valence-corrected chi connectivity index (χ3v) is 4.20. The summed E-state index contributed by atoms with van der Waals surface area (Å²) in [5.41, 5.74) is 0.906. The quantitative estimate of drug-likeness (QED) is 0.849. The fourth-order valence-electron chi connectivity index (χ4n) is 2.75. The van der Waals surface area contributed by atoms with Crippen LogP contribution in [0.25, 0.3) is 0 Å². The number of hydrogen-bond donors (Lipinski definition) is 1. The molecule has 1 aromatic carbocycles. The van der Waals surface area contributed by atoms with E-state index in [2.05, 4.69) is 4.90 Å². The van der Waals surface area contributed by atoms with Crippen molar-refractivity contribution in [2.45, 2.75) is 25.9 Å². The summed E-state index contributed by atoms with van der Waals surface area (Å²) in [5.74, 6) is 0.0545. The lowest BCUT2D eigenvalue weighted by atomic mass is 9.87. The molecule has 1 fully saturated rings. The molecule has 1 N–H and O–H groups in total. The molecule has 1 aliphatic heterocycles. The van der Waals surface area contributed by atoms with Crippen LogP contribution in [0.15, 0.2) is 24.3 Å². The van der Waals surface area contributed by atoms with Gasteiger partial charge in [0.2, 0.25) is 0 Å². The van der Waals surface area contributed by atoms with Gasteiger partial charge in [-0.05, 0) is 56.5 Å². The molecule has 0 spiro atoms. The number of aliphatic hydroxyl groups is 1. The maximum atomic E-state index is 11.5. The van der Waals surface area contributed by atoms with E-state index in [1.165, 1.54) is 0 Å². The maximum absolute atomic E-state index is 11.5. The number of benzene rings is 1. The fraction of sp³-hybridized carbons (Fsp3) is 0.562. The molecule has 0 aliphatic carbocycles. The van der Waals surface area contributed by atoms with Crippen LogP contribution in [0.2, 0.25) is 5.02 Å². The van der Waals surface area contributed by atoms with Crippen molar-refractivity contribution >= 4 is 17.6 Å². The molecular formula is C16H22ClNO3. The summed E-state index contributed by atoms with van der Waals surface area (Å²) in [6.45, 7) is 4.21. The Kier molecular flexibility index (Phi) is 6.03. The number of carbonyl (C=O) groups is 1. The average Bonchev–Trinajstić information content (AvgIpc) is 2.48. The molecule has 2 rings (SSSR count). The van der Waals surface area contributed by atoms with Crippen molar-refractivity contribution in [1.82, 2.24) is 4.90 Å². The molecular weight excluding hydrogens is 290 g/mol. The lowest BCUT2D eigenvalue weighted by molar-refractivity contribution is -0.144. The number of likely N-dealkylation sites (tertiary alicyclic amines) is 1. The Bertz CT molecular complexity index is 455. The van der Waals surface area contributed by atoms with Crippen molar-refractivity contribution in [3.8, 4) is 0 Å². The largest absolute Gasteiger partial charge is 0.465 e. The highest BCUT2D eigenvalue weighted by Crippen LogP contribution is 2.31. The zero-order valence-electron chi connectivity index (χ0n) is 12.3. The van der Waals surface area contributed by atoms with E-state index in [1.54, 1.807) is 12.1 Å². The molecule has 1 aliphatic rings. The molecule has 1 aromatic rings. The predicted molar refractivity (Wildman–Crippen MR) is 82.2 cm³/mol. The molecule has 4 nitrogen and oxygen atoms in total. The molecule has 1 saturated heterocycles. The van der Waals surface area contributed by atoms with Gasteiger partial charge in [-0.15, -0.1) is 0 Å². The Morgan fingerprint density at radius 1 is 1.38 bits per heavy atom. The van der Waals surface area contributed by atoms with Crippen LogP contribution >= 0.6 is 11.6 Å². The van der Waals surface area contributed by atoms with Gasteiger partial charge in [-0.3, -0.25) is 9.69 Å². The molecule has 0 aromatic heterocycles. The predicted octanol–water partition coefficient (Wildman–Crippen LogP) is 2.65. The van der Waals surface area contributed by atoms with E-state index in [0.717, 1.165) is 31.5 Å². The number of piperidine rings is 1. The molecule has 116 valence electrons. The van der Waals surface area contributed by atoms with E-state index in [-0.39, 0.29) is 11.9 Å². The second-order valence-corrected chi connectivity index (χ2v) is 5.85. The first-order valence-corrected chi connectivity index (χ1v) is 7.79. The number of nitrogens with zero attached hydrogens (tertiary/aromatic N) is 1. The van der Waals surface area contributed by atoms with Crippen LogP contribution in [0.5, 0.6) is 0 Å². The van der Waals surface area contributed by atoms with Crippen molar-refractivity contribution in [3.63, 3.8) is 0 Å². The van der Waals surface area contributed by atoms with Gasteiger partial charge in [0.05, 0.1) is 19.3 Å². The van der Waals surface area contributed by atoms with Crippen molar-refractivity contribution in [1.29, 1.82) is 0 Å². The normalized spacial score (nSPS) is 18.4. The number of rotatable bonds is 5. The molecule has 1 atom stereocenters. The van der Waals surface area contributed by atoms with Crippen molar-refractivity contribution in [3.05, 3.63) is 34.9 Å². The lowest BCUT2D eigenvalue weighted by Crippen LogP contribution is -2.39. The van der Waals surface area contributed by atoms with Crippen LogP contribution in [-0.2, 0) is 9.53 Å². The van der Waals surface area contributed by atoms with Gasteiger partial charge >= 0.3 is 5.97 Å². The average molecular weight is 312 g/mol. The standard InChI is InChI=1S/C16H22ClNO3/c1-2-21-15(19)11-18-9-7-13(8-10-18)16(20)12-3-5-14(17)6-4-12/h3-6,13,16,20H,2,7-11H2,1H3/t16-/m1/s1. The first kappa shape index (κ1) is 16.3. The SMILES string of the molecule is CCOC(=O)CN1CCC([C@H](O)c2ccc(Cl)cc2)CC1. The van der Waals surface area contributed by atoms with E-state index in [1.807, 2.05) is 19.1 Å². The summed E-state index contributed by atoms with van der Waals surface area (Å²) in [5, 5.41) is 11.1. The van der Waals surface area contributed by atoms with Crippen LogP contribution in [0, 0.1) is 5.92 Å². The summed E-state index contributed by atoms with van der Waals surface area (Å²) in [6, 6.07) is 7.35. The number of esters is 1. The number of carbonyl (C=O) groups excluding carboxylic acids is 1. The summed E-state index contributed by atoms with van der Waals surface area (Å²) in [6.07, 6.45) is 1.29. The number of ether oxygens (including phenoxy) is 1. The van der Waals surface area contributed by atoms with Crippen molar-refractivity contribution < 1.29 is 14.6 Å². The zero-order chi connectivity index (χ0) is 15.2. The molecule has 5 heteroatoms. The molecule has 1 heterocycles. The summed E-state index contributed by atoms with van der Waals surface area (Å²) >= 11 is 5.86. The van der Waals surface area contributed by atoms with Gasteiger partial charge in [-0.2, -0.15) is 0 Å². The summed E-state index contributed by atoms with van der Waals surface area (Å²) in [4.78, 5) is 13.5. The third kappa shape index (κ3) is 4.70. The minimum Gasteiger partial charge on any atom is -0.465 e. The minimum atomic E-state index is -0.466. The number of hydrogen-bond acceptors (Lipinski definition) is 4. The van der Waals surface area contributed by atoms with Crippen molar-refractivity contribution in [2.75, 3.05) is 26.2 Å². The van der Waals surface area contributed by atoms with Crippen LogP contribution in [0.3, 0.4) is 0 Å². The fourth-order valence-corrected chi connectivity index (χ4v) is 2.87. The van der Waals surface area contributed by atoms with Crippen molar-refractivity contribution in [2.24, 2.45) is 5.92 Å². The van der Waals surface area contributed by atoms with Gasteiger partial charge in [-0.25, -0.2) is 0 Å². The Labute approximate surface area is 130 Å². The molecule has 21 heavy (non-hydrogen) atoms. The van der Waals surface area contributed by atoms with Crippen LogP contribution in [-0.4, -0.2) is 42.2 Å². The highest BCUT2D eigenvalue weighted by Gasteiger charge is 2.27. The molecule has 0 bridgehead atoms. The number of aliphatic hydroxyl groups excluding tert-OH is 1. The van der Waals surface area contributed by atoms with Gasteiger partial charge < -0.3 is 9.84 Å². The third-order valence-electron chi connectivity index (χ3n) is 3.95. The molecule has 0 unspecified atom stereocenters. The first-order chi connectivity index (χ1) is 10.1. The monoisotopic (exact) mass is 311 g/mol. The second kappa shape index (κ2) is 7.78. The van der Waals surface area contributed by atoms with Crippen LogP contribution < -0.4 is 0 Å². The van der Waals surface area contributed by atoms with E-state index >= 15 is 0 Å². The first-order valence-electron chi connectivity index (χ1n) is 7.41. The maximum Gasteiger partial charge on any atom is 0.320 e. The lowest BCUT2D eigenvalue weighted by Gasteiger charge is -2.33. The Morgan fingerprint density at radius 3 is 2.57 bits per heavy atom. The second-order valence-electron chi connectivity index (χ2n) is 5.41. The van der Waals surface area contributed by atoms with Gasteiger partial charge in [0, 0.05) is 5.02 Å². The minimum absolute atomic E-state index is 0.172. The molecule has 0 saturated carbocycles. The molecule has 0 amide bonds. The van der Waals surface area contributed by atoms with E-state index in [9.17, 15) is 9.90 Å². The highest BCUT2D eigenvalue weighted by atomic mass is 35.5. The van der Waals surface area contributed by atoms with Crippen LogP contribution in [0.1, 0.15) is 31.4 Å². The van der Waals surface area contributed by atoms with Crippen LogP contribution in [0.4, 0.5) is 0 Å². The van der Waals surface area contributed by atoms with E-state index in [0.29, 0.717) is 18.2 Å². The summed E-state index contributed by atoms with van der Waals surface area (Å²) in [7, 11) is 0. The smallest absolute Gasteiger partial charge is 0.320 e. The van der Waals surface area contributed by atoms with Gasteiger partial charge in [0.15, 0.2) is 0 Å². The topological polar surface area (TPSA) is 49.8 Å².